The van der Waals surface area contributed by atoms with Gasteiger partial charge in [0.25, 0.3) is 0 Å². The fourth-order valence-electron chi connectivity index (χ4n) is 0.699. The molecule has 0 aliphatic heterocycles. The predicted octanol–water partition coefficient (Wildman–Crippen LogP) is 0.363. The summed E-state index contributed by atoms with van der Waals surface area (Å²) < 4.78 is 4.97. The summed E-state index contributed by atoms with van der Waals surface area (Å²) >= 11 is 4.89. The van der Waals surface area contributed by atoms with Gasteiger partial charge in [-0.2, -0.15) is 0 Å². The average molecular weight is 176 g/mol. The number of hydrogen-bond donors (Lipinski definition) is 2. The van der Waals surface area contributed by atoms with Crippen LogP contribution >= 0.6 is 12.2 Å². The van der Waals surface area contributed by atoms with Crippen LogP contribution in [-0.2, 0) is 4.74 Å². The Morgan fingerprint density at radius 3 is 2.73 bits per heavy atom. The smallest absolute Gasteiger partial charge is 0.166 e. The van der Waals surface area contributed by atoms with Crippen molar-refractivity contribution in [1.82, 2.24) is 10.6 Å². The van der Waals surface area contributed by atoms with Gasteiger partial charge < -0.3 is 15.4 Å². The number of ether oxygens (including phenoxy) is 1. The Labute approximate surface area is 73.5 Å². The van der Waals surface area contributed by atoms with E-state index < -0.39 is 0 Å². The van der Waals surface area contributed by atoms with Crippen LogP contribution < -0.4 is 10.6 Å². The molecule has 0 spiro atoms. The average Bonchev–Trinajstić information content (AvgIpc) is 2.01. The first-order chi connectivity index (χ1) is 5.20. The molecule has 0 aromatic carbocycles. The lowest BCUT2D eigenvalue weighted by Gasteiger charge is -2.12. The predicted molar refractivity (Wildman–Crippen MR) is 50.7 cm³/mol. The van der Waals surface area contributed by atoms with Crippen LogP contribution in [0.1, 0.15) is 6.92 Å². The molecular weight excluding hydrogens is 160 g/mol. The molecule has 0 aliphatic rings. The summed E-state index contributed by atoms with van der Waals surface area (Å²) in [5, 5.41) is 6.59. The number of methoxy groups -OCH3 is 1. The van der Waals surface area contributed by atoms with E-state index in [0.29, 0.717) is 11.0 Å². The van der Waals surface area contributed by atoms with Crippen molar-refractivity contribution in [3.8, 4) is 0 Å². The van der Waals surface area contributed by atoms with E-state index in [2.05, 4.69) is 17.6 Å². The number of thiocarbonyl (C=S) groups is 1. The molecule has 0 radical (unpaired) electrons. The van der Waals surface area contributed by atoms with E-state index in [1.165, 1.54) is 0 Å². The highest BCUT2D eigenvalue weighted by Crippen LogP contribution is 1.91. The van der Waals surface area contributed by atoms with Gasteiger partial charge in [-0.25, -0.2) is 0 Å². The molecule has 0 aromatic rings. The minimum atomic E-state index is 0.492. The summed E-state index contributed by atoms with van der Waals surface area (Å²) in [7, 11) is 3.50. The van der Waals surface area contributed by atoms with Gasteiger partial charge in [0.1, 0.15) is 0 Å². The third-order valence-electron chi connectivity index (χ3n) is 1.29. The van der Waals surface area contributed by atoms with Gasteiger partial charge in [0.05, 0.1) is 6.61 Å². The lowest BCUT2D eigenvalue weighted by Crippen LogP contribution is -2.36. The van der Waals surface area contributed by atoms with Crippen molar-refractivity contribution in [3.63, 3.8) is 0 Å². The summed E-state index contributed by atoms with van der Waals surface area (Å²) in [6, 6.07) is 0. The summed E-state index contributed by atoms with van der Waals surface area (Å²) in [4.78, 5) is 0. The number of nitrogens with one attached hydrogen (secondary N) is 2. The molecule has 0 aromatic heterocycles. The lowest BCUT2D eigenvalue weighted by atomic mass is 10.2. The lowest BCUT2D eigenvalue weighted by molar-refractivity contribution is 0.161. The van der Waals surface area contributed by atoms with E-state index in [0.717, 1.165) is 13.2 Å². The molecule has 0 fully saturated rings. The molecule has 0 heterocycles. The second kappa shape index (κ2) is 6.37. The molecule has 0 rings (SSSR count). The molecule has 4 heteroatoms. The molecule has 0 saturated carbocycles. The maximum absolute atomic E-state index is 4.97. The highest BCUT2D eigenvalue weighted by Gasteiger charge is 2.00. The van der Waals surface area contributed by atoms with Crippen LogP contribution in [0.15, 0.2) is 0 Å². The third-order valence-corrected chi connectivity index (χ3v) is 1.64. The van der Waals surface area contributed by atoms with Gasteiger partial charge in [-0.05, 0) is 18.1 Å². The zero-order valence-corrected chi connectivity index (χ0v) is 8.12. The van der Waals surface area contributed by atoms with Gasteiger partial charge in [0.15, 0.2) is 5.11 Å². The summed E-state index contributed by atoms with van der Waals surface area (Å²) in [6.45, 7) is 3.72. The standard InChI is InChI=1S/C7H16N2OS/c1-6(5-10-3)4-9-7(11)8-2/h6H,4-5H2,1-3H3,(H2,8,9,11). The second-order valence-electron chi connectivity index (χ2n) is 2.52. The zero-order valence-electron chi connectivity index (χ0n) is 7.31. The van der Waals surface area contributed by atoms with Crippen molar-refractivity contribution in [2.45, 2.75) is 6.92 Å². The van der Waals surface area contributed by atoms with Crippen molar-refractivity contribution in [2.24, 2.45) is 5.92 Å². The van der Waals surface area contributed by atoms with Crippen molar-refractivity contribution in [3.05, 3.63) is 0 Å². The van der Waals surface area contributed by atoms with Crippen molar-refractivity contribution in [1.29, 1.82) is 0 Å². The SMILES string of the molecule is CNC(=S)NCC(C)COC. The monoisotopic (exact) mass is 176 g/mol. The van der Waals surface area contributed by atoms with Gasteiger partial charge in [0.2, 0.25) is 0 Å². The van der Waals surface area contributed by atoms with Gasteiger partial charge in [-0.15, -0.1) is 0 Å². The Bertz CT molecular complexity index is 119. The minimum Gasteiger partial charge on any atom is -0.384 e. The second-order valence-corrected chi connectivity index (χ2v) is 2.93. The molecule has 0 saturated heterocycles. The molecule has 66 valence electrons. The van der Waals surface area contributed by atoms with Crippen LogP contribution in [0.2, 0.25) is 0 Å². The number of rotatable bonds is 4. The van der Waals surface area contributed by atoms with Gasteiger partial charge >= 0.3 is 0 Å². The largest absolute Gasteiger partial charge is 0.384 e. The normalized spacial score (nSPS) is 12.3. The van der Waals surface area contributed by atoms with Crippen molar-refractivity contribution in [2.75, 3.05) is 27.3 Å². The molecule has 1 unspecified atom stereocenters. The molecule has 3 nitrogen and oxygen atoms in total. The molecule has 0 amide bonds. The quantitative estimate of drug-likeness (QED) is 0.606. The first kappa shape index (κ1) is 10.7. The number of hydrogen-bond acceptors (Lipinski definition) is 2. The highest BCUT2D eigenvalue weighted by molar-refractivity contribution is 7.80. The zero-order chi connectivity index (χ0) is 8.69. The third kappa shape index (κ3) is 6.06. The molecule has 2 N–H and O–H groups in total. The highest BCUT2D eigenvalue weighted by atomic mass is 32.1. The van der Waals surface area contributed by atoms with Crippen LogP contribution in [0.5, 0.6) is 0 Å². The van der Waals surface area contributed by atoms with E-state index in [1.54, 1.807) is 14.2 Å². The Kier molecular flexibility index (Phi) is 6.16. The van der Waals surface area contributed by atoms with Crippen LogP contribution in [-0.4, -0.2) is 32.4 Å². The summed E-state index contributed by atoms with van der Waals surface area (Å²) in [5.41, 5.74) is 0. The molecule has 0 bridgehead atoms. The van der Waals surface area contributed by atoms with E-state index in [9.17, 15) is 0 Å². The fourth-order valence-corrected chi connectivity index (χ4v) is 0.782. The fraction of sp³-hybridized carbons (Fsp3) is 0.857. The topological polar surface area (TPSA) is 33.3 Å². The molecule has 0 aliphatic carbocycles. The summed E-state index contributed by atoms with van der Waals surface area (Å²) in [6.07, 6.45) is 0. The minimum absolute atomic E-state index is 0.492. The summed E-state index contributed by atoms with van der Waals surface area (Å²) in [5.74, 6) is 0.492. The van der Waals surface area contributed by atoms with Crippen LogP contribution in [0.3, 0.4) is 0 Å². The van der Waals surface area contributed by atoms with Gasteiger partial charge in [-0.1, -0.05) is 6.92 Å². The maximum atomic E-state index is 4.97. The van der Waals surface area contributed by atoms with Crippen LogP contribution in [0.4, 0.5) is 0 Å². The van der Waals surface area contributed by atoms with E-state index in [-0.39, 0.29) is 0 Å². The Morgan fingerprint density at radius 1 is 1.64 bits per heavy atom. The van der Waals surface area contributed by atoms with Gasteiger partial charge in [0, 0.05) is 20.7 Å². The molecular formula is C7H16N2OS. The van der Waals surface area contributed by atoms with Crippen LogP contribution in [0, 0.1) is 5.92 Å². The Balaban J connectivity index is 3.29. The van der Waals surface area contributed by atoms with Crippen molar-refractivity contribution < 1.29 is 4.74 Å². The first-order valence-electron chi connectivity index (χ1n) is 3.65. The van der Waals surface area contributed by atoms with Gasteiger partial charge in [-0.3, -0.25) is 0 Å². The Hall–Kier alpha value is -0.350. The first-order valence-corrected chi connectivity index (χ1v) is 4.06. The van der Waals surface area contributed by atoms with E-state index in [4.69, 9.17) is 17.0 Å². The van der Waals surface area contributed by atoms with E-state index >= 15 is 0 Å². The van der Waals surface area contributed by atoms with Crippen molar-refractivity contribution >= 4 is 17.3 Å². The van der Waals surface area contributed by atoms with E-state index in [1.807, 2.05) is 0 Å². The Morgan fingerprint density at radius 2 is 2.27 bits per heavy atom. The van der Waals surface area contributed by atoms with Crippen LogP contribution in [0.25, 0.3) is 0 Å². The maximum Gasteiger partial charge on any atom is 0.166 e. The molecule has 1 atom stereocenters. The molecule has 11 heavy (non-hydrogen) atoms.